The highest BCUT2D eigenvalue weighted by atomic mass is 35.5. The molecule has 0 spiro atoms. The van der Waals surface area contributed by atoms with Crippen LogP contribution in [0.1, 0.15) is 21.6 Å². The maximum absolute atomic E-state index is 12.7. The van der Waals surface area contributed by atoms with Gasteiger partial charge in [-0.15, -0.1) is 13.2 Å². The van der Waals surface area contributed by atoms with Gasteiger partial charge in [0.1, 0.15) is 10.8 Å². The number of anilines is 1. The molecule has 0 bridgehead atoms. The van der Waals surface area contributed by atoms with E-state index in [4.69, 9.17) is 28.3 Å². The molecule has 2 aromatic carbocycles. The van der Waals surface area contributed by atoms with E-state index in [-0.39, 0.29) is 28.7 Å². The lowest BCUT2D eigenvalue weighted by atomic mass is 10.1. The number of alkyl halides is 3. The zero-order valence-corrected chi connectivity index (χ0v) is 18.3. The van der Waals surface area contributed by atoms with Gasteiger partial charge in [-0.05, 0) is 42.3 Å². The van der Waals surface area contributed by atoms with Crippen molar-refractivity contribution in [2.75, 3.05) is 5.32 Å². The molecule has 6 nitrogen and oxygen atoms in total. The van der Waals surface area contributed by atoms with Gasteiger partial charge in [-0.3, -0.25) is 4.79 Å². The van der Waals surface area contributed by atoms with E-state index in [1.807, 2.05) is 0 Å². The molecule has 11 heteroatoms. The fourth-order valence-corrected chi connectivity index (χ4v) is 3.64. The van der Waals surface area contributed by atoms with Gasteiger partial charge < -0.3 is 19.7 Å². The summed E-state index contributed by atoms with van der Waals surface area (Å²) < 4.78 is 42.7. The lowest BCUT2D eigenvalue weighted by Crippen LogP contribution is -2.26. The second-order valence-electron chi connectivity index (χ2n) is 6.92. The Labute approximate surface area is 196 Å². The maximum atomic E-state index is 12.7. The number of pyridine rings is 1. The molecule has 3 aromatic rings. The predicted molar refractivity (Wildman–Crippen MR) is 118 cm³/mol. The summed E-state index contributed by atoms with van der Waals surface area (Å²) in [5.74, 6) is -1.44. The van der Waals surface area contributed by atoms with E-state index >= 15 is 0 Å². The van der Waals surface area contributed by atoms with E-state index in [0.29, 0.717) is 17.8 Å². The Balaban J connectivity index is 1.80. The number of aromatic carboxylic acids is 1. The monoisotopic (exact) mass is 500 g/mol. The average molecular weight is 501 g/mol. The van der Waals surface area contributed by atoms with Crippen LogP contribution >= 0.6 is 23.2 Å². The van der Waals surface area contributed by atoms with E-state index in [0.717, 1.165) is 5.56 Å². The summed E-state index contributed by atoms with van der Waals surface area (Å²) in [5.41, 5.74) is 1.16. The van der Waals surface area contributed by atoms with Crippen LogP contribution < -0.4 is 15.6 Å². The number of nitrogens with zero attached hydrogens (tertiary/aromatic N) is 1. The fourth-order valence-electron chi connectivity index (χ4n) is 3.10. The van der Waals surface area contributed by atoms with Crippen LogP contribution in [-0.2, 0) is 19.5 Å². The number of ether oxygens (including phenoxy) is 1. The quantitative estimate of drug-likeness (QED) is 0.420. The molecule has 1 heterocycles. The number of aromatic nitrogens is 1. The fraction of sp³-hybridized carbons (Fsp3) is 0.182. The molecule has 0 amide bonds. The first-order valence-corrected chi connectivity index (χ1v) is 10.3. The van der Waals surface area contributed by atoms with Crippen LogP contribution in [0.4, 0.5) is 18.9 Å². The number of hydrogen-bond acceptors (Lipinski definition) is 4. The van der Waals surface area contributed by atoms with Crippen LogP contribution in [0.25, 0.3) is 0 Å². The Kier molecular flexibility index (Phi) is 7.55. The molecular weight excluding hydrogens is 484 g/mol. The number of nitrogens with one attached hydrogen (secondary N) is 1. The van der Waals surface area contributed by atoms with Crippen LogP contribution in [0.3, 0.4) is 0 Å². The van der Waals surface area contributed by atoms with Gasteiger partial charge in [-0.2, -0.15) is 0 Å². The molecular formula is C22H17Cl2F3N2O4. The predicted octanol–water partition coefficient (Wildman–Crippen LogP) is 5.61. The van der Waals surface area contributed by atoms with Gasteiger partial charge >= 0.3 is 12.3 Å². The number of rotatable bonds is 8. The molecule has 0 atom stereocenters. The smallest absolute Gasteiger partial charge is 0.478 e. The van der Waals surface area contributed by atoms with Crippen molar-refractivity contribution < 1.29 is 27.8 Å². The molecule has 0 saturated heterocycles. The van der Waals surface area contributed by atoms with Crippen LogP contribution in [0, 0.1) is 0 Å². The van der Waals surface area contributed by atoms with Gasteiger partial charge in [0.2, 0.25) is 0 Å². The Hall–Kier alpha value is -3.17. The first-order valence-electron chi connectivity index (χ1n) is 9.53. The summed E-state index contributed by atoms with van der Waals surface area (Å²) in [5, 5.41) is 12.1. The maximum Gasteiger partial charge on any atom is 0.573 e. The van der Waals surface area contributed by atoms with Crippen molar-refractivity contribution in [3.8, 4) is 5.75 Å². The lowest BCUT2D eigenvalue weighted by Gasteiger charge is -2.17. The third-order valence-electron chi connectivity index (χ3n) is 4.66. The molecule has 0 aliphatic rings. The highest BCUT2D eigenvalue weighted by molar-refractivity contribution is 6.34. The SMILES string of the molecule is O=C(O)c1ccc(CCn2c(CNc3cccc(OC(F)(F)F)c3)c(Cl)cc(Cl)c2=O)cc1. The highest BCUT2D eigenvalue weighted by Crippen LogP contribution is 2.26. The van der Waals surface area contributed by atoms with E-state index in [1.165, 1.54) is 41.0 Å². The van der Waals surface area contributed by atoms with Crippen LogP contribution in [0.2, 0.25) is 10.0 Å². The zero-order valence-electron chi connectivity index (χ0n) is 16.8. The van der Waals surface area contributed by atoms with Crippen molar-refractivity contribution in [1.82, 2.24) is 4.57 Å². The third-order valence-corrected chi connectivity index (χ3v) is 5.25. The lowest BCUT2D eigenvalue weighted by molar-refractivity contribution is -0.274. The van der Waals surface area contributed by atoms with Gasteiger partial charge in [0.15, 0.2) is 0 Å². The molecule has 0 aliphatic heterocycles. The number of carbonyl (C=O) groups is 1. The van der Waals surface area contributed by atoms with Gasteiger partial charge in [-0.25, -0.2) is 4.79 Å². The van der Waals surface area contributed by atoms with Crippen LogP contribution in [-0.4, -0.2) is 22.0 Å². The minimum absolute atomic E-state index is 0.0265. The largest absolute Gasteiger partial charge is 0.573 e. The third kappa shape index (κ3) is 6.66. The van der Waals surface area contributed by atoms with Gasteiger partial charge in [0.25, 0.3) is 5.56 Å². The number of halogens is 5. The summed E-state index contributed by atoms with van der Waals surface area (Å²) in [6.07, 6.45) is -4.43. The first kappa shape index (κ1) is 24.5. The molecule has 0 unspecified atom stereocenters. The number of aryl methyl sites for hydroxylation is 1. The van der Waals surface area contributed by atoms with E-state index in [2.05, 4.69) is 10.1 Å². The molecule has 3 rings (SSSR count). The first-order chi connectivity index (χ1) is 15.5. The zero-order chi connectivity index (χ0) is 24.2. The van der Waals surface area contributed by atoms with Gasteiger partial charge in [-0.1, -0.05) is 41.4 Å². The molecule has 0 fully saturated rings. The van der Waals surface area contributed by atoms with Gasteiger partial charge in [0.05, 0.1) is 22.8 Å². The number of carboxylic acids is 1. The summed E-state index contributed by atoms with van der Waals surface area (Å²) in [7, 11) is 0. The minimum Gasteiger partial charge on any atom is -0.478 e. The Morgan fingerprint density at radius 3 is 2.39 bits per heavy atom. The van der Waals surface area contributed by atoms with Crippen molar-refractivity contribution in [3.05, 3.63) is 91.8 Å². The van der Waals surface area contributed by atoms with E-state index in [9.17, 15) is 22.8 Å². The number of benzene rings is 2. The van der Waals surface area contributed by atoms with Crippen molar-refractivity contribution >= 4 is 34.9 Å². The van der Waals surface area contributed by atoms with E-state index < -0.39 is 23.6 Å². The second kappa shape index (κ2) is 10.2. The molecule has 2 N–H and O–H groups in total. The van der Waals surface area contributed by atoms with E-state index in [1.54, 1.807) is 18.2 Å². The molecule has 0 aliphatic carbocycles. The topological polar surface area (TPSA) is 80.6 Å². The van der Waals surface area contributed by atoms with Crippen molar-refractivity contribution in [3.63, 3.8) is 0 Å². The van der Waals surface area contributed by atoms with Crippen molar-refractivity contribution in [1.29, 1.82) is 0 Å². The minimum atomic E-state index is -4.82. The van der Waals surface area contributed by atoms with Crippen molar-refractivity contribution in [2.24, 2.45) is 0 Å². The Bertz CT molecular complexity index is 1210. The molecule has 1 aromatic heterocycles. The number of carboxylic acid groups (broad SMARTS) is 1. The summed E-state index contributed by atoms with van der Waals surface area (Å²) >= 11 is 12.3. The second-order valence-corrected chi connectivity index (χ2v) is 7.74. The standard InChI is InChI=1S/C22H17Cl2F3N2O4/c23-17-11-18(24)20(30)29(9-8-13-4-6-14(7-5-13)21(31)32)19(17)12-28-15-2-1-3-16(10-15)33-22(25,26)27/h1-7,10-11,28H,8-9,12H2,(H,31,32). The molecule has 174 valence electrons. The average Bonchev–Trinajstić information content (AvgIpc) is 2.74. The normalized spacial score (nSPS) is 11.3. The molecule has 0 saturated carbocycles. The van der Waals surface area contributed by atoms with Crippen molar-refractivity contribution in [2.45, 2.75) is 25.9 Å². The van der Waals surface area contributed by atoms with Crippen LogP contribution in [0.15, 0.2) is 59.4 Å². The summed E-state index contributed by atoms with van der Waals surface area (Å²) in [6, 6.07) is 12.8. The summed E-state index contributed by atoms with van der Waals surface area (Å²) in [4.78, 5) is 23.6. The highest BCUT2D eigenvalue weighted by Gasteiger charge is 2.31. The Morgan fingerprint density at radius 2 is 1.76 bits per heavy atom. The number of hydrogen-bond donors (Lipinski definition) is 2. The van der Waals surface area contributed by atoms with Gasteiger partial charge in [0, 0.05) is 18.3 Å². The molecule has 0 radical (unpaired) electrons. The Morgan fingerprint density at radius 1 is 1.06 bits per heavy atom. The molecule has 33 heavy (non-hydrogen) atoms. The summed E-state index contributed by atoms with van der Waals surface area (Å²) in [6.45, 7) is 0.221. The van der Waals surface area contributed by atoms with Crippen LogP contribution in [0.5, 0.6) is 5.75 Å².